The quantitative estimate of drug-likeness (QED) is 0.390. The van der Waals surface area contributed by atoms with E-state index in [1.54, 1.807) is 13.8 Å². The number of hydrogen-bond donors (Lipinski definition) is 0. The third-order valence-corrected chi connectivity index (χ3v) is 2.03. The van der Waals surface area contributed by atoms with Crippen LogP contribution in [0.25, 0.3) is 0 Å². The van der Waals surface area contributed by atoms with Crippen molar-refractivity contribution in [2.45, 2.75) is 39.7 Å². The molecule has 0 aromatic heterocycles. The first kappa shape index (κ1) is 17.9. The van der Waals surface area contributed by atoms with Crippen molar-refractivity contribution in [1.82, 2.24) is 0 Å². The molecule has 0 fully saturated rings. The Hall–Kier alpha value is -1.08. The van der Waals surface area contributed by atoms with Gasteiger partial charge in [0, 0.05) is 31.3 Å². The number of carbonyl (C=O) groups excluding carboxylic acids is 1. The molecule has 19 heavy (non-hydrogen) atoms. The van der Waals surface area contributed by atoms with Gasteiger partial charge in [-0.25, -0.2) is 4.79 Å². The van der Waals surface area contributed by atoms with E-state index < -0.39 is 30.4 Å². The van der Waals surface area contributed by atoms with Crippen LogP contribution in [0.1, 0.15) is 27.2 Å². The molecule has 0 aromatic carbocycles. The summed E-state index contributed by atoms with van der Waals surface area (Å²) in [6.45, 7) is 5.26. The molecule has 0 atom stereocenters. The predicted molar refractivity (Wildman–Crippen MR) is 62.4 cm³/mol. The number of rotatable bonds is 8. The molecule has 0 bridgehead atoms. The second-order valence-electron chi connectivity index (χ2n) is 3.46. The summed E-state index contributed by atoms with van der Waals surface area (Å²) in [4.78, 5) is 11.1. The lowest BCUT2D eigenvalue weighted by Gasteiger charge is -2.20. The van der Waals surface area contributed by atoms with Crippen molar-refractivity contribution in [1.29, 1.82) is 0 Å². The maximum absolute atomic E-state index is 12.8. The fraction of sp³-hybridized carbons (Fsp3) is 0.750. The number of halogens is 3. The standard InChI is InChI=1S/C12H19F3O4/c1-4-17-10(16)7-9(12(13,14)15)8-11(18-5-2)19-6-3/h7,11H,4-6,8H2,1-3H3/b9-7-. The average molecular weight is 284 g/mol. The molecule has 0 radical (unpaired) electrons. The first-order valence-electron chi connectivity index (χ1n) is 6.02. The van der Waals surface area contributed by atoms with Gasteiger partial charge in [0.15, 0.2) is 6.29 Å². The molecule has 0 aliphatic heterocycles. The van der Waals surface area contributed by atoms with E-state index in [2.05, 4.69) is 4.74 Å². The monoisotopic (exact) mass is 284 g/mol. The van der Waals surface area contributed by atoms with Crippen molar-refractivity contribution in [2.24, 2.45) is 0 Å². The van der Waals surface area contributed by atoms with E-state index in [4.69, 9.17) is 9.47 Å². The third-order valence-electron chi connectivity index (χ3n) is 2.03. The Labute approximate surface area is 110 Å². The maximum Gasteiger partial charge on any atom is 0.413 e. The topological polar surface area (TPSA) is 44.8 Å². The van der Waals surface area contributed by atoms with E-state index in [9.17, 15) is 18.0 Å². The van der Waals surface area contributed by atoms with Crippen LogP contribution in [-0.2, 0) is 19.0 Å². The Morgan fingerprint density at radius 3 is 2.00 bits per heavy atom. The molecular formula is C12H19F3O4. The molecule has 0 heterocycles. The zero-order valence-corrected chi connectivity index (χ0v) is 11.3. The molecule has 7 heteroatoms. The molecular weight excluding hydrogens is 265 g/mol. The lowest BCUT2D eigenvalue weighted by atomic mass is 10.1. The molecule has 0 N–H and O–H groups in total. The van der Waals surface area contributed by atoms with Gasteiger partial charge in [-0.2, -0.15) is 13.2 Å². The van der Waals surface area contributed by atoms with Crippen LogP contribution in [0, 0.1) is 0 Å². The van der Waals surface area contributed by atoms with Gasteiger partial charge >= 0.3 is 12.1 Å². The minimum absolute atomic E-state index is 0.0147. The Bertz CT molecular complexity index is 294. The van der Waals surface area contributed by atoms with Crippen molar-refractivity contribution >= 4 is 5.97 Å². The van der Waals surface area contributed by atoms with Gasteiger partial charge in [-0.3, -0.25) is 0 Å². The van der Waals surface area contributed by atoms with Crippen LogP contribution in [0.3, 0.4) is 0 Å². The zero-order valence-electron chi connectivity index (χ0n) is 11.3. The van der Waals surface area contributed by atoms with Crippen molar-refractivity contribution in [3.63, 3.8) is 0 Å². The van der Waals surface area contributed by atoms with Gasteiger partial charge in [0.2, 0.25) is 0 Å². The summed E-state index contributed by atoms with van der Waals surface area (Å²) in [5.41, 5.74) is -1.03. The molecule has 112 valence electrons. The highest BCUT2D eigenvalue weighted by Gasteiger charge is 2.36. The van der Waals surface area contributed by atoms with E-state index in [0.717, 1.165) is 0 Å². The number of carbonyl (C=O) groups is 1. The Kier molecular flexibility index (Phi) is 8.42. The van der Waals surface area contributed by atoms with Crippen LogP contribution in [0.5, 0.6) is 0 Å². The minimum atomic E-state index is -4.63. The van der Waals surface area contributed by atoms with Crippen LogP contribution in [-0.4, -0.2) is 38.3 Å². The Morgan fingerprint density at radius 1 is 1.11 bits per heavy atom. The fourth-order valence-electron chi connectivity index (χ4n) is 1.30. The predicted octanol–water partition coefficient (Wildman–Crippen LogP) is 2.83. The Morgan fingerprint density at radius 2 is 1.63 bits per heavy atom. The highest BCUT2D eigenvalue weighted by molar-refractivity contribution is 5.83. The van der Waals surface area contributed by atoms with Gasteiger partial charge < -0.3 is 14.2 Å². The summed E-state index contributed by atoms with van der Waals surface area (Å²) in [6.07, 6.45) is -5.77. The van der Waals surface area contributed by atoms with Crippen molar-refractivity contribution in [3.05, 3.63) is 11.6 Å². The van der Waals surface area contributed by atoms with Gasteiger partial charge in [0.25, 0.3) is 0 Å². The van der Waals surface area contributed by atoms with E-state index >= 15 is 0 Å². The van der Waals surface area contributed by atoms with Gasteiger partial charge in [-0.1, -0.05) is 0 Å². The SMILES string of the molecule is CCOC(=O)/C=C(/CC(OCC)OCC)C(F)(F)F. The maximum atomic E-state index is 12.8. The molecule has 0 aromatic rings. The lowest BCUT2D eigenvalue weighted by molar-refractivity contribution is -0.152. The number of ether oxygens (including phenoxy) is 3. The fourth-order valence-corrected chi connectivity index (χ4v) is 1.30. The molecule has 0 saturated heterocycles. The van der Waals surface area contributed by atoms with E-state index in [-0.39, 0.29) is 19.8 Å². The highest BCUT2D eigenvalue weighted by Crippen LogP contribution is 2.30. The smallest absolute Gasteiger partial charge is 0.413 e. The van der Waals surface area contributed by atoms with Gasteiger partial charge in [0.1, 0.15) is 0 Å². The summed E-state index contributed by atoms with van der Waals surface area (Å²) < 4.78 is 52.9. The van der Waals surface area contributed by atoms with E-state index in [1.165, 1.54) is 6.92 Å². The second-order valence-corrected chi connectivity index (χ2v) is 3.46. The van der Waals surface area contributed by atoms with Crippen molar-refractivity contribution in [2.75, 3.05) is 19.8 Å². The average Bonchev–Trinajstić information content (AvgIpc) is 2.27. The van der Waals surface area contributed by atoms with Crippen LogP contribution in [0.15, 0.2) is 11.6 Å². The normalized spacial score (nSPS) is 12.9. The van der Waals surface area contributed by atoms with Crippen LogP contribution in [0.2, 0.25) is 0 Å². The Balaban J connectivity index is 4.89. The highest BCUT2D eigenvalue weighted by atomic mass is 19.4. The lowest BCUT2D eigenvalue weighted by Crippen LogP contribution is -2.24. The molecule has 0 saturated carbocycles. The molecule has 0 spiro atoms. The van der Waals surface area contributed by atoms with Crippen LogP contribution < -0.4 is 0 Å². The first-order chi connectivity index (χ1) is 8.85. The number of alkyl halides is 3. The summed E-state index contributed by atoms with van der Waals surface area (Å²) in [6, 6.07) is 0. The molecule has 0 aliphatic carbocycles. The molecule has 0 aliphatic rings. The van der Waals surface area contributed by atoms with Crippen LogP contribution in [0.4, 0.5) is 13.2 Å². The molecule has 0 rings (SSSR count). The van der Waals surface area contributed by atoms with Gasteiger partial charge in [-0.15, -0.1) is 0 Å². The van der Waals surface area contributed by atoms with Gasteiger partial charge in [0.05, 0.1) is 6.61 Å². The third kappa shape index (κ3) is 7.84. The number of hydrogen-bond acceptors (Lipinski definition) is 4. The van der Waals surface area contributed by atoms with Crippen molar-refractivity contribution < 1.29 is 32.2 Å². The molecule has 0 unspecified atom stereocenters. The summed E-state index contributed by atoms with van der Waals surface area (Å²) in [5.74, 6) is -1.03. The first-order valence-corrected chi connectivity index (χ1v) is 6.02. The molecule has 4 nitrogen and oxygen atoms in total. The van der Waals surface area contributed by atoms with Crippen molar-refractivity contribution in [3.8, 4) is 0 Å². The minimum Gasteiger partial charge on any atom is -0.463 e. The summed E-state index contributed by atoms with van der Waals surface area (Å²) >= 11 is 0. The summed E-state index contributed by atoms with van der Waals surface area (Å²) in [5, 5.41) is 0. The van der Waals surface area contributed by atoms with E-state index in [0.29, 0.717) is 6.08 Å². The zero-order chi connectivity index (χ0) is 14.9. The van der Waals surface area contributed by atoms with Crippen LogP contribution >= 0.6 is 0 Å². The number of esters is 1. The van der Waals surface area contributed by atoms with E-state index in [1.807, 2.05) is 0 Å². The largest absolute Gasteiger partial charge is 0.463 e. The second kappa shape index (κ2) is 8.92. The van der Waals surface area contributed by atoms with Gasteiger partial charge in [-0.05, 0) is 20.8 Å². The molecule has 0 amide bonds. The summed E-state index contributed by atoms with van der Waals surface area (Å²) in [7, 11) is 0.